The van der Waals surface area contributed by atoms with Crippen molar-refractivity contribution in [3.63, 3.8) is 0 Å². The van der Waals surface area contributed by atoms with Crippen LogP contribution >= 0.6 is 11.8 Å². The van der Waals surface area contributed by atoms with E-state index in [1.54, 1.807) is 18.9 Å². The van der Waals surface area contributed by atoms with E-state index in [-0.39, 0.29) is 19.3 Å². The van der Waals surface area contributed by atoms with Crippen LogP contribution in [0.5, 0.6) is 5.75 Å². The van der Waals surface area contributed by atoms with Gasteiger partial charge in [-0.1, -0.05) is 26.0 Å². The number of aliphatic hydroxyl groups excluding tert-OH is 1. The zero-order chi connectivity index (χ0) is 13.4. The fourth-order valence-electron chi connectivity index (χ4n) is 1.52. The molecule has 0 radical (unpaired) electrons. The number of ether oxygens (including phenoxy) is 2. The lowest BCUT2D eigenvalue weighted by Gasteiger charge is -2.15. The van der Waals surface area contributed by atoms with Crippen molar-refractivity contribution in [3.8, 4) is 5.75 Å². The number of rotatable bonds is 8. The Hall–Kier alpha value is -0.710. The number of aliphatic hydroxyl groups is 1. The van der Waals surface area contributed by atoms with E-state index >= 15 is 0 Å². The van der Waals surface area contributed by atoms with Gasteiger partial charge in [0.05, 0.1) is 0 Å². The lowest BCUT2D eigenvalue weighted by molar-refractivity contribution is 0.0484. The first-order valence-electron chi connectivity index (χ1n) is 6.20. The average molecular weight is 270 g/mol. The summed E-state index contributed by atoms with van der Waals surface area (Å²) >= 11 is 1.72. The molecule has 3 nitrogen and oxygen atoms in total. The summed E-state index contributed by atoms with van der Waals surface area (Å²) in [6, 6.07) is 6.17. The molecule has 0 aliphatic carbocycles. The predicted octanol–water partition coefficient (Wildman–Crippen LogP) is 2.95. The maximum atomic E-state index is 9.06. The van der Waals surface area contributed by atoms with Gasteiger partial charge in [0.15, 0.2) is 6.79 Å². The monoisotopic (exact) mass is 270 g/mol. The Morgan fingerprint density at radius 3 is 2.78 bits per heavy atom. The molecule has 0 saturated heterocycles. The van der Waals surface area contributed by atoms with Crippen LogP contribution in [0.15, 0.2) is 23.1 Å². The second-order valence-corrected chi connectivity index (χ2v) is 5.31. The first-order valence-corrected chi connectivity index (χ1v) is 7.18. The lowest BCUT2D eigenvalue weighted by atomic mass is 10.1. The van der Waals surface area contributed by atoms with Gasteiger partial charge in [0.2, 0.25) is 0 Å². The lowest BCUT2D eigenvalue weighted by Crippen LogP contribution is -2.05. The van der Waals surface area contributed by atoms with E-state index < -0.39 is 0 Å². The molecule has 4 heteroatoms. The summed E-state index contributed by atoms with van der Waals surface area (Å²) < 4.78 is 10.6. The topological polar surface area (TPSA) is 38.7 Å². The second-order valence-electron chi connectivity index (χ2n) is 4.25. The highest BCUT2D eigenvalue weighted by Crippen LogP contribution is 2.34. The van der Waals surface area contributed by atoms with Crippen LogP contribution in [0.3, 0.4) is 0 Å². The Kier molecular flexibility index (Phi) is 7.16. The van der Waals surface area contributed by atoms with Crippen LogP contribution in [0.25, 0.3) is 0 Å². The summed E-state index contributed by atoms with van der Waals surface area (Å²) in [5.41, 5.74) is 1.19. The first kappa shape index (κ1) is 15.3. The molecular weight excluding hydrogens is 248 g/mol. The molecule has 0 aliphatic heterocycles. The molecule has 0 heterocycles. The molecule has 0 amide bonds. The highest BCUT2D eigenvalue weighted by Gasteiger charge is 2.10. The molecule has 0 bridgehead atoms. The van der Waals surface area contributed by atoms with E-state index in [9.17, 15) is 0 Å². The van der Waals surface area contributed by atoms with Crippen LogP contribution in [-0.2, 0) is 11.2 Å². The van der Waals surface area contributed by atoms with Crippen molar-refractivity contribution in [2.75, 3.05) is 26.3 Å². The highest BCUT2D eigenvalue weighted by atomic mass is 32.2. The molecule has 0 spiro atoms. The SMILES string of the molecule is CCc1cccc(SC[C@@H](C)CO)c1OCOC. The molecule has 1 aromatic carbocycles. The highest BCUT2D eigenvalue weighted by molar-refractivity contribution is 7.99. The smallest absolute Gasteiger partial charge is 0.188 e. The van der Waals surface area contributed by atoms with Crippen molar-refractivity contribution in [1.82, 2.24) is 0 Å². The fourth-order valence-corrected chi connectivity index (χ4v) is 2.59. The zero-order valence-electron chi connectivity index (χ0n) is 11.3. The Morgan fingerprint density at radius 2 is 2.17 bits per heavy atom. The van der Waals surface area contributed by atoms with Crippen LogP contribution in [0.2, 0.25) is 0 Å². The number of benzene rings is 1. The zero-order valence-corrected chi connectivity index (χ0v) is 12.1. The maximum Gasteiger partial charge on any atom is 0.188 e. The van der Waals surface area contributed by atoms with E-state index in [1.807, 2.05) is 13.0 Å². The molecule has 0 unspecified atom stereocenters. The van der Waals surface area contributed by atoms with E-state index in [1.165, 1.54) is 5.56 Å². The van der Waals surface area contributed by atoms with Crippen molar-refractivity contribution in [1.29, 1.82) is 0 Å². The molecule has 1 aromatic rings. The number of aryl methyl sites for hydroxylation is 1. The van der Waals surface area contributed by atoms with Gasteiger partial charge in [-0.05, 0) is 24.0 Å². The van der Waals surface area contributed by atoms with Gasteiger partial charge < -0.3 is 14.6 Å². The minimum absolute atomic E-state index is 0.217. The number of para-hydroxylation sites is 1. The largest absolute Gasteiger partial charge is 0.466 e. The Morgan fingerprint density at radius 1 is 1.39 bits per heavy atom. The van der Waals surface area contributed by atoms with Crippen LogP contribution in [0, 0.1) is 5.92 Å². The minimum Gasteiger partial charge on any atom is -0.466 e. The summed E-state index contributed by atoms with van der Waals surface area (Å²) in [5, 5.41) is 9.06. The Labute approximate surface area is 113 Å². The van der Waals surface area contributed by atoms with Crippen molar-refractivity contribution in [2.24, 2.45) is 5.92 Å². The van der Waals surface area contributed by atoms with Crippen molar-refractivity contribution in [3.05, 3.63) is 23.8 Å². The number of methoxy groups -OCH3 is 1. The van der Waals surface area contributed by atoms with Gasteiger partial charge in [0.1, 0.15) is 5.75 Å². The average Bonchev–Trinajstić information content (AvgIpc) is 2.42. The van der Waals surface area contributed by atoms with Gasteiger partial charge in [-0.15, -0.1) is 11.8 Å². The molecule has 1 rings (SSSR count). The van der Waals surface area contributed by atoms with Gasteiger partial charge in [0.25, 0.3) is 0 Å². The third kappa shape index (κ3) is 4.52. The summed E-state index contributed by atoms with van der Waals surface area (Å²) in [6.45, 7) is 4.63. The third-order valence-electron chi connectivity index (χ3n) is 2.60. The normalized spacial score (nSPS) is 12.4. The van der Waals surface area contributed by atoms with Crippen LogP contribution in [-0.4, -0.2) is 31.4 Å². The summed E-state index contributed by atoms with van der Waals surface area (Å²) in [7, 11) is 1.62. The molecule has 102 valence electrons. The Balaban J connectivity index is 2.80. The van der Waals surface area contributed by atoms with Crippen LogP contribution < -0.4 is 4.74 Å². The fraction of sp³-hybridized carbons (Fsp3) is 0.571. The first-order chi connectivity index (χ1) is 8.72. The molecular formula is C14H22O3S. The van der Waals surface area contributed by atoms with Crippen molar-refractivity contribution in [2.45, 2.75) is 25.2 Å². The molecule has 1 N–H and O–H groups in total. The minimum atomic E-state index is 0.217. The van der Waals surface area contributed by atoms with Gasteiger partial charge in [-0.3, -0.25) is 0 Å². The van der Waals surface area contributed by atoms with Gasteiger partial charge in [0, 0.05) is 24.4 Å². The second kappa shape index (κ2) is 8.40. The van der Waals surface area contributed by atoms with Gasteiger partial charge in [-0.25, -0.2) is 0 Å². The maximum absolute atomic E-state index is 9.06. The quantitative estimate of drug-likeness (QED) is 0.582. The van der Waals surface area contributed by atoms with E-state index in [0.29, 0.717) is 0 Å². The molecule has 1 atom stereocenters. The number of hydrogen-bond acceptors (Lipinski definition) is 4. The number of thioether (sulfide) groups is 1. The molecule has 0 saturated carbocycles. The summed E-state index contributed by atoms with van der Waals surface area (Å²) in [5.74, 6) is 2.08. The van der Waals surface area contributed by atoms with E-state index in [4.69, 9.17) is 14.6 Å². The van der Waals surface area contributed by atoms with Crippen molar-refractivity contribution >= 4 is 11.8 Å². The summed E-state index contributed by atoms with van der Waals surface area (Å²) in [4.78, 5) is 1.12. The van der Waals surface area contributed by atoms with E-state index in [0.717, 1.165) is 22.8 Å². The molecule has 18 heavy (non-hydrogen) atoms. The molecule has 0 fully saturated rings. The van der Waals surface area contributed by atoms with Crippen LogP contribution in [0.1, 0.15) is 19.4 Å². The van der Waals surface area contributed by atoms with E-state index in [2.05, 4.69) is 19.1 Å². The van der Waals surface area contributed by atoms with Crippen molar-refractivity contribution < 1.29 is 14.6 Å². The number of hydrogen-bond donors (Lipinski definition) is 1. The van der Waals surface area contributed by atoms with Gasteiger partial charge >= 0.3 is 0 Å². The Bertz CT molecular complexity index is 355. The van der Waals surface area contributed by atoms with Crippen LogP contribution in [0.4, 0.5) is 0 Å². The molecule has 0 aromatic heterocycles. The summed E-state index contributed by atoms with van der Waals surface area (Å²) in [6.07, 6.45) is 0.934. The van der Waals surface area contributed by atoms with Gasteiger partial charge in [-0.2, -0.15) is 0 Å². The third-order valence-corrected chi connectivity index (χ3v) is 3.97. The molecule has 0 aliphatic rings. The predicted molar refractivity (Wildman–Crippen MR) is 75.3 cm³/mol. The standard InChI is InChI=1S/C14H22O3S/c1-4-12-6-5-7-13(14(12)17-10-16-3)18-9-11(2)8-15/h5-7,11,15H,4,8-10H2,1-3H3/t11-/m0/s1.